The predicted molar refractivity (Wildman–Crippen MR) is 155 cm³/mol. The summed E-state index contributed by atoms with van der Waals surface area (Å²) in [6.07, 6.45) is 6.56. The zero-order valence-corrected chi connectivity index (χ0v) is 23.9. The van der Waals surface area contributed by atoms with E-state index in [0.29, 0.717) is 57.3 Å². The van der Waals surface area contributed by atoms with E-state index in [1.54, 1.807) is 17.4 Å². The fourth-order valence-corrected chi connectivity index (χ4v) is 8.28. The maximum atomic E-state index is 11.7. The number of hydrogen-bond donors (Lipinski definition) is 1. The molecule has 7 nitrogen and oxygen atoms in total. The van der Waals surface area contributed by atoms with Gasteiger partial charge in [0, 0.05) is 35.5 Å². The molecule has 2 bridgehead atoms. The molecule has 1 N–H and O–H groups in total. The Bertz CT molecular complexity index is 1640. The predicted octanol–water partition coefficient (Wildman–Crippen LogP) is 7.90. The number of thiazole rings is 1. The first-order valence-corrected chi connectivity index (χ1v) is 15.5. The van der Waals surface area contributed by atoms with E-state index in [-0.39, 0.29) is 6.10 Å². The molecule has 0 radical (unpaired) electrons. The van der Waals surface area contributed by atoms with Crippen molar-refractivity contribution in [2.24, 2.45) is 5.92 Å². The monoisotopic (exact) mass is 595 g/mol. The maximum Gasteiger partial charge on any atom is 0.335 e. The number of piperidine rings is 1. The molecule has 40 heavy (non-hydrogen) atoms. The lowest BCUT2D eigenvalue weighted by molar-refractivity contribution is 0.0122. The van der Waals surface area contributed by atoms with Crippen LogP contribution in [0.3, 0.4) is 0 Å². The van der Waals surface area contributed by atoms with E-state index in [1.165, 1.54) is 0 Å². The van der Waals surface area contributed by atoms with Gasteiger partial charge in [-0.2, -0.15) is 0 Å². The van der Waals surface area contributed by atoms with Gasteiger partial charge in [-0.15, -0.1) is 0 Å². The van der Waals surface area contributed by atoms with Gasteiger partial charge in [-0.3, -0.25) is 0 Å². The fraction of sp³-hybridized carbons (Fsp3) is 0.433. The van der Waals surface area contributed by atoms with Crippen molar-refractivity contribution in [3.8, 4) is 11.3 Å². The van der Waals surface area contributed by atoms with E-state index in [2.05, 4.69) is 10.1 Å². The van der Waals surface area contributed by atoms with E-state index < -0.39 is 5.97 Å². The van der Waals surface area contributed by atoms with Gasteiger partial charge in [-0.25, -0.2) is 9.78 Å². The summed E-state index contributed by atoms with van der Waals surface area (Å²) in [6, 6.07) is 9.45. The van der Waals surface area contributed by atoms with Gasteiger partial charge in [-0.1, -0.05) is 45.8 Å². The second-order valence-electron chi connectivity index (χ2n) is 11.6. The van der Waals surface area contributed by atoms with Crippen molar-refractivity contribution in [1.29, 1.82) is 0 Å². The van der Waals surface area contributed by atoms with Crippen molar-refractivity contribution in [1.82, 2.24) is 10.1 Å². The molecule has 10 heteroatoms. The molecule has 4 fully saturated rings. The van der Waals surface area contributed by atoms with Crippen molar-refractivity contribution < 1.29 is 19.2 Å². The van der Waals surface area contributed by atoms with Crippen LogP contribution in [0.1, 0.15) is 77.6 Å². The molecular formula is C30H27Cl2N3O4S. The summed E-state index contributed by atoms with van der Waals surface area (Å²) in [6.45, 7) is 1.31. The van der Waals surface area contributed by atoms with Gasteiger partial charge in [0.25, 0.3) is 0 Å². The molecule has 2 aromatic carbocycles. The lowest BCUT2D eigenvalue weighted by Gasteiger charge is -2.31. The van der Waals surface area contributed by atoms with Crippen LogP contribution in [0.4, 0.5) is 5.13 Å². The topological polar surface area (TPSA) is 88.7 Å². The van der Waals surface area contributed by atoms with Gasteiger partial charge in [0.15, 0.2) is 5.13 Å². The van der Waals surface area contributed by atoms with Gasteiger partial charge >= 0.3 is 5.97 Å². The summed E-state index contributed by atoms with van der Waals surface area (Å²) >= 11 is 14.7. The van der Waals surface area contributed by atoms with Gasteiger partial charge in [0.05, 0.1) is 38.5 Å². The van der Waals surface area contributed by atoms with Crippen LogP contribution in [-0.2, 0) is 11.3 Å². The Kier molecular flexibility index (Phi) is 5.92. The highest BCUT2D eigenvalue weighted by Crippen LogP contribution is 2.49. The maximum absolute atomic E-state index is 11.7. The number of carboxylic acids is 1. The van der Waals surface area contributed by atoms with Gasteiger partial charge in [-0.05, 0) is 74.3 Å². The van der Waals surface area contributed by atoms with E-state index in [9.17, 15) is 9.90 Å². The molecule has 4 aliphatic rings. The van der Waals surface area contributed by atoms with Crippen LogP contribution < -0.4 is 4.90 Å². The Morgan fingerprint density at radius 3 is 2.58 bits per heavy atom. The van der Waals surface area contributed by atoms with Crippen molar-refractivity contribution in [2.75, 3.05) is 11.4 Å². The molecule has 8 rings (SSSR count). The number of carbonyl (C=O) groups is 1. The smallest absolute Gasteiger partial charge is 0.335 e. The Balaban J connectivity index is 1.01. The van der Waals surface area contributed by atoms with Crippen LogP contribution in [0.2, 0.25) is 10.0 Å². The minimum atomic E-state index is -0.878. The SMILES string of the molecule is O=C(O)c1cc(C2CC2)c2nc(N3C[C@@H]4C[C@H]3C[C@H]4OCc3c(-c4c(Cl)cccc4Cl)noc3C3CC3)sc2c1. The first kappa shape index (κ1) is 25.1. The number of fused-ring (bicyclic) bond motifs is 3. The number of aromatic carboxylic acids is 1. The number of benzene rings is 2. The molecule has 0 amide bonds. The quantitative estimate of drug-likeness (QED) is 0.221. The van der Waals surface area contributed by atoms with Crippen LogP contribution in [-0.4, -0.2) is 39.9 Å². The van der Waals surface area contributed by atoms with Crippen LogP contribution in [0.25, 0.3) is 21.5 Å². The lowest BCUT2D eigenvalue weighted by Crippen LogP contribution is -2.38. The van der Waals surface area contributed by atoms with Gasteiger partial charge in [0.2, 0.25) is 0 Å². The van der Waals surface area contributed by atoms with Crippen molar-refractivity contribution >= 4 is 55.9 Å². The van der Waals surface area contributed by atoms with Crippen molar-refractivity contribution in [2.45, 2.75) is 69.1 Å². The largest absolute Gasteiger partial charge is 0.478 e. The zero-order chi connectivity index (χ0) is 27.1. The van der Waals surface area contributed by atoms with E-state index in [1.807, 2.05) is 24.3 Å². The summed E-state index contributed by atoms with van der Waals surface area (Å²) in [4.78, 5) is 19.2. The van der Waals surface area contributed by atoms with Crippen molar-refractivity contribution in [3.05, 3.63) is 62.8 Å². The standard InChI is InChI=1S/C30H27Cl2N3O4S/c31-21-2-1-3-22(32)25(21)27-20(28(39-34-27)15-6-7-15)13-38-23-11-18-8-17(23)12-35(18)30-33-26-19(14-4-5-14)9-16(29(36)37)10-24(26)40-30/h1-3,9-10,14-15,17-18,23H,4-8,11-13H2,(H,36,37)/t17-,18-,23+/m0/s1. The molecule has 3 aliphatic carbocycles. The molecule has 1 aliphatic heterocycles. The molecule has 0 unspecified atom stereocenters. The number of anilines is 1. The molecule has 1 saturated heterocycles. The Morgan fingerprint density at radius 2 is 1.90 bits per heavy atom. The Labute approximate surface area is 245 Å². The highest BCUT2D eigenvalue weighted by atomic mass is 35.5. The van der Waals surface area contributed by atoms with E-state index >= 15 is 0 Å². The molecule has 4 aromatic rings. The number of halogens is 2. The Morgan fingerprint density at radius 1 is 1.12 bits per heavy atom. The second kappa shape index (κ2) is 9.44. The minimum absolute atomic E-state index is 0.146. The minimum Gasteiger partial charge on any atom is -0.478 e. The molecule has 3 saturated carbocycles. The number of hydrogen-bond acceptors (Lipinski definition) is 7. The number of ether oxygens (including phenoxy) is 1. The fourth-order valence-electron chi connectivity index (χ4n) is 6.58. The second-order valence-corrected chi connectivity index (χ2v) is 13.4. The third-order valence-electron chi connectivity index (χ3n) is 8.91. The molecule has 2 aromatic heterocycles. The van der Waals surface area contributed by atoms with Gasteiger partial charge < -0.3 is 19.3 Å². The molecular weight excluding hydrogens is 569 g/mol. The normalized spacial score (nSPS) is 23.9. The molecule has 3 atom stereocenters. The van der Waals surface area contributed by atoms with E-state index in [0.717, 1.165) is 77.3 Å². The highest BCUT2D eigenvalue weighted by molar-refractivity contribution is 7.22. The average Bonchev–Trinajstić information content (AvgIpc) is 3.79. The molecule has 206 valence electrons. The van der Waals surface area contributed by atoms with Crippen LogP contribution in [0.5, 0.6) is 0 Å². The Hall–Kier alpha value is -2.65. The number of carboxylic acid groups (broad SMARTS) is 1. The summed E-state index contributed by atoms with van der Waals surface area (Å²) in [5.41, 5.74) is 4.78. The lowest BCUT2D eigenvalue weighted by atomic mass is 10.0. The van der Waals surface area contributed by atoms with Gasteiger partial charge in [0.1, 0.15) is 11.5 Å². The zero-order valence-electron chi connectivity index (χ0n) is 21.6. The van der Waals surface area contributed by atoms with Crippen molar-refractivity contribution in [3.63, 3.8) is 0 Å². The highest BCUT2D eigenvalue weighted by Gasteiger charge is 2.47. The number of rotatable bonds is 8. The first-order valence-electron chi connectivity index (χ1n) is 13.9. The van der Waals surface area contributed by atoms with Crippen LogP contribution >= 0.6 is 34.5 Å². The summed E-state index contributed by atoms with van der Waals surface area (Å²) < 4.78 is 13.4. The first-order chi connectivity index (χ1) is 19.4. The third kappa shape index (κ3) is 4.23. The third-order valence-corrected chi connectivity index (χ3v) is 10.6. The summed E-state index contributed by atoms with van der Waals surface area (Å²) in [5.74, 6) is 1.26. The average molecular weight is 597 g/mol. The summed E-state index contributed by atoms with van der Waals surface area (Å²) in [7, 11) is 0. The van der Waals surface area contributed by atoms with Crippen LogP contribution in [0, 0.1) is 5.92 Å². The molecule has 3 heterocycles. The number of nitrogens with zero attached hydrogens (tertiary/aromatic N) is 3. The molecule has 0 spiro atoms. The van der Waals surface area contributed by atoms with E-state index in [4.69, 9.17) is 37.4 Å². The summed E-state index contributed by atoms with van der Waals surface area (Å²) in [5, 5.41) is 16.1. The number of aromatic nitrogens is 2. The van der Waals surface area contributed by atoms with Crippen LogP contribution in [0.15, 0.2) is 34.9 Å².